The Labute approximate surface area is 177 Å². The maximum atomic E-state index is 13.0. The van der Waals surface area contributed by atoms with Crippen molar-refractivity contribution in [2.75, 3.05) is 5.32 Å². The molecule has 0 aliphatic rings. The quantitative estimate of drug-likeness (QED) is 0.618. The van der Waals surface area contributed by atoms with Crippen LogP contribution in [0.5, 0.6) is 0 Å². The van der Waals surface area contributed by atoms with Crippen LogP contribution in [0.3, 0.4) is 0 Å². The second-order valence-corrected chi connectivity index (χ2v) is 8.59. The molecular formula is C20H21F3N2O5S. The predicted molar refractivity (Wildman–Crippen MR) is 107 cm³/mol. The van der Waals surface area contributed by atoms with Crippen molar-refractivity contribution in [3.63, 3.8) is 0 Å². The van der Waals surface area contributed by atoms with Gasteiger partial charge in [-0.1, -0.05) is 12.1 Å². The number of esters is 1. The number of halogens is 3. The lowest BCUT2D eigenvalue weighted by atomic mass is 10.1. The summed E-state index contributed by atoms with van der Waals surface area (Å²) in [6.07, 6.45) is -6.07. The van der Waals surface area contributed by atoms with E-state index in [1.54, 1.807) is 13.8 Å². The Morgan fingerprint density at radius 3 is 2.10 bits per heavy atom. The summed E-state index contributed by atoms with van der Waals surface area (Å²) in [5.74, 6) is -1.89. The number of para-hydroxylation sites is 1. The van der Waals surface area contributed by atoms with Crippen molar-refractivity contribution in [1.29, 1.82) is 0 Å². The van der Waals surface area contributed by atoms with Crippen molar-refractivity contribution in [1.82, 2.24) is 4.72 Å². The smallest absolute Gasteiger partial charge is 0.418 e. The second kappa shape index (κ2) is 9.48. The minimum absolute atomic E-state index is 0.0289. The number of anilines is 1. The first-order valence-corrected chi connectivity index (χ1v) is 10.6. The van der Waals surface area contributed by atoms with Gasteiger partial charge < -0.3 is 10.1 Å². The number of sulfonamides is 1. The van der Waals surface area contributed by atoms with Gasteiger partial charge in [-0.15, -0.1) is 0 Å². The molecule has 0 saturated carbocycles. The zero-order valence-corrected chi connectivity index (χ0v) is 17.7. The van der Waals surface area contributed by atoms with Gasteiger partial charge in [-0.2, -0.15) is 13.2 Å². The van der Waals surface area contributed by atoms with Crippen molar-refractivity contribution >= 4 is 27.6 Å². The number of ether oxygens (including phenoxy) is 1. The van der Waals surface area contributed by atoms with Gasteiger partial charge in [0.1, 0.15) is 0 Å². The number of hydrogen-bond acceptors (Lipinski definition) is 5. The molecule has 0 aromatic heterocycles. The molecule has 11 heteroatoms. The maximum absolute atomic E-state index is 13.0. The number of carbonyl (C=O) groups is 2. The summed E-state index contributed by atoms with van der Waals surface area (Å²) in [5.41, 5.74) is -1.53. The molecule has 2 aromatic rings. The molecular weight excluding hydrogens is 437 g/mol. The van der Waals surface area contributed by atoms with Crippen LogP contribution in [0.25, 0.3) is 0 Å². The molecule has 0 heterocycles. The topological polar surface area (TPSA) is 102 Å². The molecule has 2 N–H and O–H groups in total. The minimum atomic E-state index is -4.67. The average molecular weight is 458 g/mol. The third-order valence-corrected chi connectivity index (χ3v) is 5.61. The molecule has 2 aromatic carbocycles. The molecule has 1 amide bonds. The van der Waals surface area contributed by atoms with Gasteiger partial charge >= 0.3 is 12.1 Å². The summed E-state index contributed by atoms with van der Waals surface area (Å²) in [4.78, 5) is 24.4. The summed E-state index contributed by atoms with van der Waals surface area (Å²) in [6.45, 7) is 4.51. The van der Waals surface area contributed by atoms with E-state index in [2.05, 4.69) is 10.0 Å². The molecule has 1 atom stereocenters. The van der Waals surface area contributed by atoms with Crippen molar-refractivity contribution < 1.29 is 35.9 Å². The first-order chi connectivity index (χ1) is 14.3. The molecule has 0 saturated heterocycles. The number of benzene rings is 2. The molecule has 0 spiro atoms. The summed E-state index contributed by atoms with van der Waals surface area (Å²) in [6, 6.07) is 8.90. The van der Waals surface area contributed by atoms with E-state index < -0.39 is 45.4 Å². The van der Waals surface area contributed by atoms with Crippen LogP contribution in [-0.4, -0.2) is 32.4 Å². The lowest BCUT2D eigenvalue weighted by molar-refractivity contribution is -0.137. The first-order valence-electron chi connectivity index (χ1n) is 9.11. The second-order valence-electron chi connectivity index (χ2n) is 6.88. The fourth-order valence-electron chi connectivity index (χ4n) is 2.50. The van der Waals surface area contributed by atoms with Gasteiger partial charge in [-0.05, 0) is 57.2 Å². The van der Waals surface area contributed by atoms with E-state index in [0.29, 0.717) is 0 Å². The maximum Gasteiger partial charge on any atom is 0.418 e. The Hall–Kier alpha value is -2.92. The highest BCUT2D eigenvalue weighted by Crippen LogP contribution is 2.34. The van der Waals surface area contributed by atoms with Gasteiger partial charge in [0.05, 0.1) is 21.7 Å². The Morgan fingerprint density at radius 1 is 0.968 bits per heavy atom. The van der Waals surface area contributed by atoms with Crippen molar-refractivity contribution in [2.45, 2.75) is 44.0 Å². The van der Waals surface area contributed by atoms with Gasteiger partial charge in [0.2, 0.25) is 10.0 Å². The highest BCUT2D eigenvalue weighted by atomic mass is 32.2. The van der Waals surface area contributed by atoms with E-state index in [-0.39, 0.29) is 16.5 Å². The van der Waals surface area contributed by atoms with E-state index in [1.807, 2.05) is 0 Å². The summed E-state index contributed by atoms with van der Waals surface area (Å²) in [5, 5.41) is 2.10. The number of amides is 1. The largest absolute Gasteiger partial charge is 0.449 e. The standard InChI is InChI=1S/C20H21F3N2O5S/c1-12(2)25-31(28,29)15-10-8-14(9-11-15)19(27)30-13(3)18(26)24-17-7-5-4-6-16(17)20(21,22)23/h4-13,25H,1-3H3,(H,24,26). The van der Waals surface area contributed by atoms with Crippen molar-refractivity contribution in [2.24, 2.45) is 0 Å². The number of rotatable bonds is 7. The summed E-state index contributed by atoms with van der Waals surface area (Å²) in [7, 11) is -3.75. The highest BCUT2D eigenvalue weighted by Gasteiger charge is 2.34. The summed E-state index contributed by atoms with van der Waals surface area (Å²) < 4.78 is 70.7. The lowest BCUT2D eigenvalue weighted by Crippen LogP contribution is -2.31. The number of hydrogen-bond donors (Lipinski definition) is 2. The van der Waals surface area contributed by atoms with Crippen LogP contribution in [0.2, 0.25) is 0 Å². The Bertz CT molecular complexity index is 1050. The van der Waals surface area contributed by atoms with Crippen LogP contribution < -0.4 is 10.0 Å². The normalized spacial score (nSPS) is 13.0. The number of nitrogens with one attached hydrogen (secondary N) is 2. The predicted octanol–water partition coefficient (Wildman–Crippen LogP) is 3.58. The van der Waals surface area contributed by atoms with Crippen LogP contribution in [-0.2, 0) is 25.7 Å². The van der Waals surface area contributed by atoms with Crippen LogP contribution in [0, 0.1) is 0 Å². The molecule has 168 valence electrons. The molecule has 0 aliphatic heterocycles. The number of alkyl halides is 3. The van der Waals surface area contributed by atoms with E-state index in [9.17, 15) is 31.2 Å². The van der Waals surface area contributed by atoms with Gasteiger partial charge in [-0.25, -0.2) is 17.9 Å². The molecule has 0 bridgehead atoms. The molecule has 2 rings (SSSR count). The number of carbonyl (C=O) groups excluding carboxylic acids is 2. The molecule has 0 fully saturated rings. The van der Waals surface area contributed by atoms with Gasteiger partial charge in [-0.3, -0.25) is 4.79 Å². The SMILES string of the molecule is CC(C)NS(=O)(=O)c1ccc(C(=O)OC(C)C(=O)Nc2ccccc2C(F)(F)F)cc1. The van der Waals surface area contributed by atoms with E-state index in [4.69, 9.17) is 4.74 Å². The molecule has 0 aliphatic carbocycles. The van der Waals surface area contributed by atoms with E-state index in [1.165, 1.54) is 43.3 Å². The third kappa shape index (κ3) is 6.53. The zero-order valence-electron chi connectivity index (χ0n) is 16.9. The van der Waals surface area contributed by atoms with Gasteiger partial charge in [0.25, 0.3) is 5.91 Å². The van der Waals surface area contributed by atoms with E-state index >= 15 is 0 Å². The fraction of sp³-hybridized carbons (Fsp3) is 0.300. The Kier molecular flexibility index (Phi) is 7.45. The minimum Gasteiger partial charge on any atom is -0.449 e. The summed E-state index contributed by atoms with van der Waals surface area (Å²) >= 11 is 0. The fourth-order valence-corrected chi connectivity index (χ4v) is 3.76. The molecule has 0 radical (unpaired) electrons. The van der Waals surface area contributed by atoms with Gasteiger partial charge in [0, 0.05) is 6.04 Å². The monoisotopic (exact) mass is 458 g/mol. The van der Waals surface area contributed by atoms with Crippen molar-refractivity contribution in [3.8, 4) is 0 Å². The Balaban J connectivity index is 2.07. The third-order valence-electron chi connectivity index (χ3n) is 3.93. The lowest BCUT2D eigenvalue weighted by Gasteiger charge is -2.17. The molecule has 31 heavy (non-hydrogen) atoms. The molecule has 7 nitrogen and oxygen atoms in total. The van der Waals surface area contributed by atoms with Crippen LogP contribution in [0.1, 0.15) is 36.7 Å². The van der Waals surface area contributed by atoms with Crippen LogP contribution >= 0.6 is 0 Å². The van der Waals surface area contributed by atoms with Gasteiger partial charge in [0.15, 0.2) is 6.10 Å². The van der Waals surface area contributed by atoms with E-state index in [0.717, 1.165) is 12.1 Å². The van der Waals surface area contributed by atoms with Crippen LogP contribution in [0.4, 0.5) is 18.9 Å². The molecule has 1 unspecified atom stereocenters. The first kappa shape index (κ1) is 24.4. The van der Waals surface area contributed by atoms with Crippen LogP contribution in [0.15, 0.2) is 53.4 Å². The Morgan fingerprint density at radius 2 is 1.55 bits per heavy atom. The average Bonchev–Trinajstić information content (AvgIpc) is 2.66. The highest BCUT2D eigenvalue weighted by molar-refractivity contribution is 7.89. The van der Waals surface area contributed by atoms with Crippen molar-refractivity contribution in [3.05, 3.63) is 59.7 Å². The zero-order chi connectivity index (χ0) is 23.4.